The van der Waals surface area contributed by atoms with Crippen LogP contribution >= 0.6 is 11.3 Å². The van der Waals surface area contributed by atoms with Gasteiger partial charge < -0.3 is 35.1 Å². The number of aliphatic carboxylic acids is 1. The van der Waals surface area contributed by atoms with E-state index in [0.29, 0.717) is 19.7 Å². The van der Waals surface area contributed by atoms with Crippen LogP contribution in [0.2, 0.25) is 18.1 Å². The van der Waals surface area contributed by atoms with Crippen LogP contribution in [0.4, 0.5) is 9.93 Å². The molecule has 1 saturated heterocycles. The molecule has 236 valence electrons. The number of thiazole rings is 1. The number of aromatic nitrogens is 1. The van der Waals surface area contributed by atoms with Crippen molar-refractivity contribution in [2.75, 3.05) is 25.0 Å². The van der Waals surface area contributed by atoms with Gasteiger partial charge in [0.05, 0.1) is 6.04 Å². The van der Waals surface area contributed by atoms with Gasteiger partial charge in [-0.2, -0.15) is 0 Å². The van der Waals surface area contributed by atoms with Crippen molar-refractivity contribution in [2.24, 2.45) is 5.16 Å². The Hall–Kier alpha value is -3.08. The molecule has 0 aliphatic carbocycles. The van der Waals surface area contributed by atoms with Crippen molar-refractivity contribution >= 4 is 54.4 Å². The van der Waals surface area contributed by atoms with Gasteiger partial charge in [0.25, 0.3) is 5.91 Å². The Morgan fingerprint density at radius 3 is 2.33 bits per heavy atom. The van der Waals surface area contributed by atoms with Crippen LogP contribution < -0.4 is 21.3 Å². The summed E-state index contributed by atoms with van der Waals surface area (Å²) in [5.41, 5.74) is -2.86. The molecule has 1 aliphatic heterocycles. The number of carbonyl (C=O) groups excluding carboxylic acids is 3. The molecule has 1 fully saturated rings. The second-order valence-corrected chi connectivity index (χ2v) is 18.6. The Bertz CT molecular complexity index is 1190. The van der Waals surface area contributed by atoms with E-state index in [4.69, 9.17) is 14.0 Å². The number of nitrogens with zero attached hydrogens (tertiary/aromatic N) is 2. The molecule has 0 radical (unpaired) electrons. The fourth-order valence-electron chi connectivity index (χ4n) is 3.07. The molecule has 14 nitrogen and oxygen atoms in total. The molecule has 42 heavy (non-hydrogen) atoms. The van der Waals surface area contributed by atoms with Crippen molar-refractivity contribution in [1.82, 2.24) is 20.9 Å². The lowest BCUT2D eigenvalue weighted by Gasteiger charge is -2.38. The topological polar surface area (TPSA) is 190 Å². The highest BCUT2D eigenvalue weighted by atomic mass is 32.1. The molecule has 16 heteroatoms. The molecule has 3 amide bonds. The van der Waals surface area contributed by atoms with Gasteiger partial charge >= 0.3 is 12.1 Å². The largest absolute Gasteiger partial charge is 0.478 e. The van der Waals surface area contributed by atoms with Crippen molar-refractivity contribution in [1.29, 1.82) is 0 Å². The summed E-state index contributed by atoms with van der Waals surface area (Å²) in [5, 5.41) is 25.9. The number of carboxylic acids is 1. The van der Waals surface area contributed by atoms with Gasteiger partial charge in [0.2, 0.25) is 11.5 Å². The quantitative estimate of drug-likeness (QED) is 0.0714. The summed E-state index contributed by atoms with van der Waals surface area (Å²) in [6, 6.07) is -1.27. The van der Waals surface area contributed by atoms with Crippen molar-refractivity contribution in [2.45, 2.75) is 96.8 Å². The first kappa shape index (κ1) is 35.1. The fraction of sp³-hybridized carbons (Fsp3) is 0.692. The third kappa shape index (κ3) is 10.0. The summed E-state index contributed by atoms with van der Waals surface area (Å²) in [6.45, 7) is 20.0. The van der Waals surface area contributed by atoms with Gasteiger partial charge in [-0.15, -0.1) is 11.3 Å². The maximum Gasteiger partial charge on any atom is 0.413 e. The van der Waals surface area contributed by atoms with E-state index in [9.17, 15) is 24.3 Å². The van der Waals surface area contributed by atoms with Gasteiger partial charge in [-0.25, -0.2) is 14.6 Å². The summed E-state index contributed by atoms with van der Waals surface area (Å²) in [5.74, 6) is -2.50. The van der Waals surface area contributed by atoms with Crippen LogP contribution in [0.3, 0.4) is 0 Å². The molecule has 0 aromatic carbocycles. The maximum atomic E-state index is 13.3. The van der Waals surface area contributed by atoms with Crippen LogP contribution in [0.25, 0.3) is 0 Å². The van der Waals surface area contributed by atoms with Crippen LogP contribution in [-0.2, 0) is 28.4 Å². The standard InChI is InChI=1S/C26H44N6O8SSi/c1-24(2,3)39-23(37)31-22-29-16(14-41-22)18(32-40-26(7,8)21(35)36)20(34)30-17-15(28-19(17)33)13-27-11-12-38-42(9,10)25(4,5)6/h14-15,17,27H,11-13H2,1-10H3,(H,28,33)(H,30,34)(H,35,36)(H,29,31,37)/t15-,17-/m0/s1. The SMILES string of the molecule is CC(C)(C)OC(=O)Nc1nc(C(=NOC(C)(C)C(=O)O)C(=O)N[C@@H]2C(=O)N[C@H]2CNCCO[Si](C)(C)C(C)(C)C)cs1. The van der Waals surface area contributed by atoms with E-state index in [1.54, 1.807) is 20.8 Å². The van der Waals surface area contributed by atoms with Crippen LogP contribution in [0, 0.1) is 0 Å². The molecule has 0 spiro atoms. The van der Waals surface area contributed by atoms with Crippen molar-refractivity contribution in [3.8, 4) is 0 Å². The molecule has 0 unspecified atom stereocenters. The van der Waals surface area contributed by atoms with E-state index >= 15 is 0 Å². The number of anilines is 1. The van der Waals surface area contributed by atoms with E-state index in [0.717, 1.165) is 11.3 Å². The van der Waals surface area contributed by atoms with Crippen molar-refractivity contribution < 1.29 is 38.3 Å². The number of ether oxygens (including phenoxy) is 1. The second kappa shape index (κ2) is 13.5. The number of carboxylic acid groups (broad SMARTS) is 1. The number of oxime groups is 1. The molecule has 1 aliphatic rings. The summed E-state index contributed by atoms with van der Waals surface area (Å²) in [7, 11) is -1.88. The minimum atomic E-state index is -1.88. The predicted molar refractivity (Wildman–Crippen MR) is 161 cm³/mol. The minimum absolute atomic E-state index is 0.00179. The smallest absolute Gasteiger partial charge is 0.413 e. The Morgan fingerprint density at radius 1 is 1.14 bits per heavy atom. The lowest BCUT2D eigenvalue weighted by molar-refractivity contribution is -0.161. The van der Waals surface area contributed by atoms with Gasteiger partial charge in [-0.05, 0) is 52.8 Å². The van der Waals surface area contributed by atoms with Crippen molar-refractivity contribution in [3.63, 3.8) is 0 Å². The average Bonchev–Trinajstić information content (AvgIpc) is 3.27. The number of nitrogens with one attached hydrogen (secondary N) is 4. The molecule has 1 aromatic rings. The Kier molecular flexibility index (Phi) is 11.3. The molecule has 1 aromatic heterocycles. The highest BCUT2D eigenvalue weighted by Gasteiger charge is 2.41. The molecular weight excluding hydrogens is 584 g/mol. The molecule has 0 saturated carbocycles. The first-order chi connectivity index (χ1) is 19.1. The van der Waals surface area contributed by atoms with Gasteiger partial charge in [-0.1, -0.05) is 25.9 Å². The number of β-lactam (4-membered cyclic amide) rings is 1. The zero-order valence-electron chi connectivity index (χ0n) is 26.0. The van der Waals surface area contributed by atoms with E-state index < -0.39 is 49.6 Å². The monoisotopic (exact) mass is 628 g/mol. The number of amides is 3. The van der Waals surface area contributed by atoms with Crippen LogP contribution in [0.1, 0.15) is 61.1 Å². The molecule has 5 N–H and O–H groups in total. The Morgan fingerprint density at radius 2 is 1.79 bits per heavy atom. The molecule has 2 rings (SSSR count). The molecular formula is C26H44N6O8SSi. The lowest BCUT2D eigenvalue weighted by Crippen LogP contribution is -2.72. The summed E-state index contributed by atoms with van der Waals surface area (Å²) >= 11 is 0.994. The lowest BCUT2D eigenvalue weighted by atomic mass is 9.98. The highest BCUT2D eigenvalue weighted by Crippen LogP contribution is 2.36. The van der Waals surface area contributed by atoms with E-state index in [2.05, 4.69) is 65.3 Å². The summed E-state index contributed by atoms with van der Waals surface area (Å²) in [4.78, 5) is 58.6. The molecule has 0 bridgehead atoms. The van der Waals surface area contributed by atoms with Gasteiger partial charge in [0.1, 0.15) is 17.3 Å². The zero-order chi connectivity index (χ0) is 32.1. The van der Waals surface area contributed by atoms with Crippen LogP contribution in [0.15, 0.2) is 10.5 Å². The number of hydrogen-bond acceptors (Lipinski definition) is 11. The van der Waals surface area contributed by atoms with E-state index in [1.807, 2.05) is 0 Å². The predicted octanol–water partition coefficient (Wildman–Crippen LogP) is 2.67. The maximum absolute atomic E-state index is 13.3. The fourth-order valence-corrected chi connectivity index (χ4v) is 4.80. The molecule has 2 atom stereocenters. The number of hydrogen-bond donors (Lipinski definition) is 5. The van der Waals surface area contributed by atoms with Gasteiger partial charge in [0, 0.05) is 25.1 Å². The first-order valence-electron chi connectivity index (χ1n) is 13.5. The first-order valence-corrected chi connectivity index (χ1v) is 17.3. The van der Waals surface area contributed by atoms with E-state index in [-0.39, 0.29) is 27.5 Å². The van der Waals surface area contributed by atoms with Gasteiger partial charge in [-0.3, -0.25) is 14.9 Å². The number of rotatable bonds is 13. The second-order valence-electron chi connectivity index (χ2n) is 12.9. The van der Waals surface area contributed by atoms with Gasteiger partial charge in [0.15, 0.2) is 19.2 Å². The molecule has 2 heterocycles. The normalized spacial score (nSPS) is 18.0. The van der Waals surface area contributed by atoms with Crippen LogP contribution in [0.5, 0.6) is 0 Å². The van der Waals surface area contributed by atoms with Crippen LogP contribution in [-0.4, -0.2) is 91.0 Å². The zero-order valence-corrected chi connectivity index (χ0v) is 27.8. The third-order valence-corrected chi connectivity index (χ3v) is 12.0. The highest BCUT2D eigenvalue weighted by molar-refractivity contribution is 7.14. The third-order valence-electron chi connectivity index (χ3n) is 6.66. The Labute approximate surface area is 251 Å². The van der Waals surface area contributed by atoms with E-state index in [1.165, 1.54) is 19.2 Å². The Balaban J connectivity index is 2.10. The summed E-state index contributed by atoms with van der Waals surface area (Å²) in [6.07, 6.45) is -0.745. The number of carbonyl (C=O) groups is 4. The average molecular weight is 629 g/mol. The minimum Gasteiger partial charge on any atom is -0.478 e. The summed E-state index contributed by atoms with van der Waals surface area (Å²) < 4.78 is 11.4. The van der Waals surface area contributed by atoms with Crippen molar-refractivity contribution in [3.05, 3.63) is 11.1 Å².